The lowest BCUT2D eigenvalue weighted by Crippen LogP contribution is -2.17. The van der Waals surface area contributed by atoms with Crippen molar-refractivity contribution in [3.63, 3.8) is 0 Å². The molecule has 0 bridgehead atoms. The zero-order valence-corrected chi connectivity index (χ0v) is 15.1. The molecule has 0 spiro atoms. The molecule has 2 N–H and O–H groups in total. The van der Waals surface area contributed by atoms with Crippen LogP contribution in [0.25, 0.3) is 0 Å². The summed E-state index contributed by atoms with van der Waals surface area (Å²) in [6, 6.07) is 7.71. The first kappa shape index (κ1) is 18.9. The maximum Gasteiger partial charge on any atom is 0.323 e. The molecule has 7 heteroatoms. The molecule has 0 aromatic heterocycles. The van der Waals surface area contributed by atoms with Gasteiger partial charge in [0.15, 0.2) is 0 Å². The summed E-state index contributed by atoms with van der Waals surface area (Å²) >= 11 is 1.04. The normalized spacial score (nSPS) is 15.6. The Bertz CT molecular complexity index is 511. The van der Waals surface area contributed by atoms with E-state index in [0.717, 1.165) is 41.1 Å². The average molecular weight is 349 g/mol. The summed E-state index contributed by atoms with van der Waals surface area (Å²) in [4.78, 5) is 10.5. The van der Waals surface area contributed by atoms with E-state index in [9.17, 15) is 13.7 Å². The predicted molar refractivity (Wildman–Crippen MR) is 92.3 cm³/mol. The van der Waals surface area contributed by atoms with Gasteiger partial charge in [0, 0.05) is 22.9 Å². The summed E-state index contributed by atoms with van der Waals surface area (Å²) in [5, 5.41) is 2.63. The number of hydrogen-bond donors (Lipinski definition) is 2. The highest BCUT2D eigenvalue weighted by molar-refractivity contribution is 8.55. The molecule has 1 aromatic rings. The summed E-state index contributed by atoms with van der Waals surface area (Å²) < 4.78 is 24.1. The van der Waals surface area contributed by atoms with Crippen LogP contribution in [0.1, 0.15) is 32.3 Å². The molecule has 0 radical (unpaired) electrons. The van der Waals surface area contributed by atoms with Crippen LogP contribution in [0.4, 0.5) is 0 Å². The van der Waals surface area contributed by atoms with Gasteiger partial charge in [0.05, 0.1) is 10.8 Å². The second-order valence-electron chi connectivity index (χ2n) is 4.67. The minimum Gasteiger partial charge on any atom is -0.326 e. The van der Waals surface area contributed by atoms with Crippen molar-refractivity contribution in [3.8, 4) is 0 Å². The molecular formula is C14H24NO3PS2. The standard InChI is InChI=1S/C14H24NO3PS2/c1-3-7-13-8-5-6-9-14(13)21(18)12-10-15-19(16,17)20-11-4-2/h5-6,8-9H,3-4,7,10-12H2,1-2H3,(H2,15,16,17). The topological polar surface area (TPSA) is 66.4 Å². The Morgan fingerprint density at radius 2 is 2.00 bits per heavy atom. The van der Waals surface area contributed by atoms with Gasteiger partial charge in [0.1, 0.15) is 0 Å². The first-order valence-corrected chi connectivity index (χ1v) is 11.8. The smallest absolute Gasteiger partial charge is 0.323 e. The van der Waals surface area contributed by atoms with Crippen molar-refractivity contribution in [1.82, 2.24) is 5.09 Å². The summed E-state index contributed by atoms with van der Waals surface area (Å²) in [7, 11) is -1.14. The summed E-state index contributed by atoms with van der Waals surface area (Å²) in [6.07, 6.45) is 2.76. The van der Waals surface area contributed by atoms with Crippen LogP contribution < -0.4 is 5.09 Å². The van der Waals surface area contributed by atoms with E-state index in [1.807, 2.05) is 31.2 Å². The third-order valence-electron chi connectivity index (χ3n) is 2.81. The zero-order valence-electron chi connectivity index (χ0n) is 12.6. The lowest BCUT2D eigenvalue weighted by atomic mass is 10.1. The fraction of sp³-hybridized carbons (Fsp3) is 0.571. The van der Waals surface area contributed by atoms with Crippen LogP contribution in [-0.4, -0.2) is 27.2 Å². The van der Waals surface area contributed by atoms with Crippen molar-refractivity contribution < 1.29 is 13.7 Å². The van der Waals surface area contributed by atoms with Crippen LogP contribution in [0, 0.1) is 0 Å². The molecule has 2 unspecified atom stereocenters. The minimum absolute atomic E-state index is 0.275. The number of rotatable bonds is 10. The Kier molecular flexibility index (Phi) is 8.83. The Morgan fingerprint density at radius 1 is 1.29 bits per heavy atom. The first-order valence-electron chi connectivity index (χ1n) is 7.19. The highest BCUT2D eigenvalue weighted by Gasteiger charge is 2.18. The van der Waals surface area contributed by atoms with Gasteiger partial charge in [-0.25, -0.2) is 5.09 Å². The van der Waals surface area contributed by atoms with Gasteiger partial charge >= 0.3 is 6.72 Å². The summed E-state index contributed by atoms with van der Waals surface area (Å²) in [6.45, 7) is 0.983. The van der Waals surface area contributed by atoms with E-state index in [2.05, 4.69) is 12.0 Å². The molecule has 0 heterocycles. The van der Waals surface area contributed by atoms with E-state index in [0.29, 0.717) is 11.5 Å². The number of aryl methyl sites for hydroxylation is 1. The van der Waals surface area contributed by atoms with Gasteiger partial charge in [-0.3, -0.25) is 8.77 Å². The minimum atomic E-state index is -3.35. The third-order valence-corrected chi connectivity index (χ3v) is 7.82. The molecule has 0 amide bonds. The van der Waals surface area contributed by atoms with Crippen molar-refractivity contribution in [3.05, 3.63) is 29.8 Å². The lowest BCUT2D eigenvalue weighted by molar-refractivity contribution is 0.485. The number of nitrogens with one attached hydrogen (secondary N) is 1. The number of hydrogen-bond acceptors (Lipinski definition) is 3. The van der Waals surface area contributed by atoms with E-state index in [1.54, 1.807) is 0 Å². The molecule has 0 fully saturated rings. The fourth-order valence-electron chi connectivity index (χ4n) is 1.85. The van der Waals surface area contributed by atoms with Gasteiger partial charge in [0.25, 0.3) is 0 Å². The SMILES string of the molecule is CCCSP(=O)(O)NCCS(=O)c1ccccc1CCC. The van der Waals surface area contributed by atoms with Crippen molar-refractivity contribution in [2.24, 2.45) is 0 Å². The largest absolute Gasteiger partial charge is 0.326 e. The van der Waals surface area contributed by atoms with E-state index in [-0.39, 0.29) is 6.54 Å². The van der Waals surface area contributed by atoms with Crippen LogP contribution in [0.3, 0.4) is 0 Å². The molecule has 0 saturated carbocycles. The van der Waals surface area contributed by atoms with Crippen LogP contribution >= 0.6 is 18.1 Å². The second-order valence-corrected chi connectivity index (χ2v) is 10.5. The van der Waals surface area contributed by atoms with Crippen molar-refractivity contribution in [2.75, 3.05) is 18.1 Å². The maximum absolute atomic E-state index is 12.3. The van der Waals surface area contributed by atoms with E-state index in [4.69, 9.17) is 0 Å². The quantitative estimate of drug-likeness (QED) is 0.632. The van der Waals surface area contributed by atoms with E-state index >= 15 is 0 Å². The Morgan fingerprint density at radius 3 is 2.67 bits per heavy atom. The van der Waals surface area contributed by atoms with Crippen molar-refractivity contribution in [1.29, 1.82) is 0 Å². The monoisotopic (exact) mass is 349 g/mol. The van der Waals surface area contributed by atoms with Gasteiger partial charge in [-0.1, -0.05) is 49.8 Å². The van der Waals surface area contributed by atoms with Crippen LogP contribution in [0.2, 0.25) is 0 Å². The van der Waals surface area contributed by atoms with Crippen LogP contribution in [0.5, 0.6) is 0 Å². The van der Waals surface area contributed by atoms with E-state index < -0.39 is 17.5 Å². The van der Waals surface area contributed by atoms with Gasteiger partial charge in [-0.05, 0) is 24.5 Å². The molecule has 0 aliphatic heterocycles. The highest BCUT2D eigenvalue weighted by atomic mass is 32.7. The Balaban J connectivity index is 2.53. The lowest BCUT2D eigenvalue weighted by Gasteiger charge is -2.12. The molecule has 120 valence electrons. The third kappa shape index (κ3) is 7.11. The molecule has 2 atom stereocenters. The molecule has 0 saturated heterocycles. The summed E-state index contributed by atoms with van der Waals surface area (Å²) in [5.74, 6) is 0.987. The zero-order chi connectivity index (χ0) is 15.7. The molecule has 0 aliphatic rings. The average Bonchev–Trinajstić information content (AvgIpc) is 2.46. The number of benzene rings is 1. The maximum atomic E-state index is 12.3. The van der Waals surface area contributed by atoms with Gasteiger partial charge < -0.3 is 4.89 Å². The molecule has 1 aromatic carbocycles. The highest BCUT2D eigenvalue weighted by Crippen LogP contribution is 2.50. The van der Waals surface area contributed by atoms with Crippen molar-refractivity contribution >= 4 is 28.9 Å². The van der Waals surface area contributed by atoms with Crippen LogP contribution in [-0.2, 0) is 21.8 Å². The van der Waals surface area contributed by atoms with Gasteiger partial charge in [-0.2, -0.15) is 0 Å². The Hall–Kier alpha value is -0.130. The summed E-state index contributed by atoms with van der Waals surface area (Å²) in [5.41, 5.74) is 1.10. The van der Waals surface area contributed by atoms with E-state index in [1.165, 1.54) is 0 Å². The van der Waals surface area contributed by atoms with Gasteiger partial charge in [-0.15, -0.1) is 0 Å². The second kappa shape index (κ2) is 9.80. The molecule has 4 nitrogen and oxygen atoms in total. The molecule has 1 rings (SSSR count). The molecule has 21 heavy (non-hydrogen) atoms. The fourth-order valence-corrected chi connectivity index (χ4v) is 5.96. The van der Waals surface area contributed by atoms with Crippen LogP contribution in [0.15, 0.2) is 29.2 Å². The molecule has 0 aliphatic carbocycles. The van der Waals surface area contributed by atoms with Crippen molar-refractivity contribution in [2.45, 2.75) is 38.0 Å². The molecular weight excluding hydrogens is 325 g/mol. The first-order chi connectivity index (χ1) is 10.00. The Labute approximate surface area is 133 Å². The predicted octanol–water partition coefficient (Wildman–Crippen LogP) is 3.58. The van der Waals surface area contributed by atoms with Gasteiger partial charge in [0.2, 0.25) is 0 Å².